The number of hydrogen-bond acceptors (Lipinski definition) is 4. The largest absolute Gasteiger partial charge is 0.496 e. The molecule has 0 radical (unpaired) electrons. The summed E-state index contributed by atoms with van der Waals surface area (Å²) in [4.78, 5) is 4.50. The van der Waals surface area contributed by atoms with Crippen LogP contribution in [0.2, 0.25) is 0 Å². The SMILES string of the molecule is CCc1nc(C)ccc1OCc1ccc(OC)c(CN)c1. The number of nitrogens with two attached hydrogens (primary N) is 1. The maximum absolute atomic E-state index is 5.90. The molecule has 0 aliphatic heterocycles. The predicted octanol–water partition coefficient (Wildman–Crippen LogP) is 3.00. The van der Waals surface area contributed by atoms with Gasteiger partial charge in [-0.1, -0.05) is 13.0 Å². The molecule has 21 heavy (non-hydrogen) atoms. The van der Waals surface area contributed by atoms with Gasteiger partial charge in [-0.25, -0.2) is 0 Å². The van der Waals surface area contributed by atoms with Crippen LogP contribution in [0.25, 0.3) is 0 Å². The van der Waals surface area contributed by atoms with Gasteiger partial charge in [0.05, 0.1) is 12.8 Å². The van der Waals surface area contributed by atoms with Gasteiger partial charge in [-0.2, -0.15) is 0 Å². The summed E-state index contributed by atoms with van der Waals surface area (Å²) in [6.07, 6.45) is 0.855. The first-order valence-corrected chi connectivity index (χ1v) is 7.13. The van der Waals surface area contributed by atoms with Gasteiger partial charge in [-0.3, -0.25) is 4.98 Å². The fourth-order valence-corrected chi connectivity index (χ4v) is 2.22. The van der Waals surface area contributed by atoms with Gasteiger partial charge >= 0.3 is 0 Å². The molecule has 0 bridgehead atoms. The Balaban J connectivity index is 2.13. The van der Waals surface area contributed by atoms with E-state index in [1.807, 2.05) is 37.3 Å². The van der Waals surface area contributed by atoms with Crippen molar-refractivity contribution in [2.75, 3.05) is 7.11 Å². The van der Waals surface area contributed by atoms with Crippen molar-refractivity contribution in [3.8, 4) is 11.5 Å². The third kappa shape index (κ3) is 3.73. The number of nitrogens with zero attached hydrogens (tertiary/aromatic N) is 1. The molecule has 1 heterocycles. The minimum atomic E-state index is 0.448. The lowest BCUT2D eigenvalue weighted by Gasteiger charge is -2.12. The summed E-state index contributed by atoms with van der Waals surface area (Å²) in [5.74, 6) is 1.65. The van der Waals surface area contributed by atoms with Crippen LogP contribution in [-0.4, -0.2) is 12.1 Å². The van der Waals surface area contributed by atoms with Crippen molar-refractivity contribution >= 4 is 0 Å². The standard InChI is InChI=1S/C17H22N2O2/c1-4-15-17(7-5-12(2)19-15)21-11-13-6-8-16(20-3)14(9-13)10-18/h5-9H,4,10-11,18H2,1-3H3. The van der Waals surface area contributed by atoms with E-state index in [4.69, 9.17) is 15.2 Å². The molecule has 0 saturated heterocycles. The number of hydrogen-bond donors (Lipinski definition) is 1. The van der Waals surface area contributed by atoms with Gasteiger partial charge in [0.25, 0.3) is 0 Å². The predicted molar refractivity (Wildman–Crippen MR) is 83.6 cm³/mol. The second-order valence-electron chi connectivity index (χ2n) is 4.89. The fraction of sp³-hybridized carbons (Fsp3) is 0.353. The maximum Gasteiger partial charge on any atom is 0.141 e. The quantitative estimate of drug-likeness (QED) is 0.887. The normalized spacial score (nSPS) is 10.5. The first kappa shape index (κ1) is 15.3. The second-order valence-corrected chi connectivity index (χ2v) is 4.89. The van der Waals surface area contributed by atoms with E-state index in [1.165, 1.54) is 0 Å². The van der Waals surface area contributed by atoms with E-state index in [0.29, 0.717) is 13.2 Å². The van der Waals surface area contributed by atoms with Crippen LogP contribution < -0.4 is 15.2 Å². The minimum Gasteiger partial charge on any atom is -0.496 e. The van der Waals surface area contributed by atoms with Crippen molar-refractivity contribution in [3.05, 3.63) is 52.8 Å². The van der Waals surface area contributed by atoms with Gasteiger partial charge in [0.15, 0.2) is 0 Å². The summed E-state index contributed by atoms with van der Waals surface area (Å²) in [6, 6.07) is 9.88. The fourth-order valence-electron chi connectivity index (χ4n) is 2.22. The highest BCUT2D eigenvalue weighted by molar-refractivity contribution is 5.37. The molecule has 4 nitrogen and oxygen atoms in total. The molecule has 1 aromatic carbocycles. The number of rotatable bonds is 6. The zero-order valence-corrected chi connectivity index (χ0v) is 12.8. The second kappa shape index (κ2) is 7.09. The van der Waals surface area contributed by atoms with E-state index in [0.717, 1.165) is 40.4 Å². The topological polar surface area (TPSA) is 57.4 Å². The van der Waals surface area contributed by atoms with Crippen molar-refractivity contribution in [2.24, 2.45) is 5.73 Å². The van der Waals surface area contributed by atoms with Crippen LogP contribution in [0.4, 0.5) is 0 Å². The molecular formula is C17H22N2O2. The third-order valence-corrected chi connectivity index (χ3v) is 3.37. The molecule has 0 unspecified atom stereocenters. The first-order chi connectivity index (χ1) is 10.2. The lowest BCUT2D eigenvalue weighted by Crippen LogP contribution is -2.04. The summed E-state index contributed by atoms with van der Waals surface area (Å²) in [7, 11) is 1.65. The highest BCUT2D eigenvalue weighted by Crippen LogP contribution is 2.22. The van der Waals surface area contributed by atoms with Crippen molar-refractivity contribution in [2.45, 2.75) is 33.4 Å². The molecule has 0 atom stereocenters. The molecule has 2 rings (SSSR count). The zero-order valence-electron chi connectivity index (χ0n) is 12.8. The molecule has 0 spiro atoms. The Bertz CT molecular complexity index is 612. The van der Waals surface area contributed by atoms with Gasteiger partial charge < -0.3 is 15.2 Å². The Morgan fingerprint density at radius 2 is 1.90 bits per heavy atom. The first-order valence-electron chi connectivity index (χ1n) is 7.13. The van der Waals surface area contributed by atoms with Crippen molar-refractivity contribution in [3.63, 3.8) is 0 Å². The zero-order chi connectivity index (χ0) is 15.2. The molecule has 0 aliphatic carbocycles. The van der Waals surface area contributed by atoms with Crippen LogP contribution in [-0.2, 0) is 19.6 Å². The van der Waals surface area contributed by atoms with E-state index >= 15 is 0 Å². The smallest absolute Gasteiger partial charge is 0.141 e. The highest BCUT2D eigenvalue weighted by atomic mass is 16.5. The van der Waals surface area contributed by atoms with Gasteiger partial charge in [0.2, 0.25) is 0 Å². The molecule has 0 saturated carbocycles. The Kier molecular flexibility index (Phi) is 5.17. The Labute approximate surface area is 125 Å². The maximum atomic E-state index is 5.90. The average Bonchev–Trinajstić information content (AvgIpc) is 2.53. The molecule has 2 aromatic rings. The van der Waals surface area contributed by atoms with Gasteiger partial charge in [-0.05, 0) is 43.2 Å². The average molecular weight is 286 g/mol. The number of pyridine rings is 1. The van der Waals surface area contributed by atoms with Gasteiger partial charge in [0, 0.05) is 17.8 Å². The van der Waals surface area contributed by atoms with Crippen molar-refractivity contribution in [1.29, 1.82) is 0 Å². The van der Waals surface area contributed by atoms with E-state index in [-0.39, 0.29) is 0 Å². The van der Waals surface area contributed by atoms with Crippen LogP contribution in [0.3, 0.4) is 0 Å². The lowest BCUT2D eigenvalue weighted by atomic mass is 10.1. The van der Waals surface area contributed by atoms with Gasteiger partial charge in [-0.15, -0.1) is 0 Å². The lowest BCUT2D eigenvalue weighted by molar-refractivity contribution is 0.301. The molecule has 112 valence electrons. The number of aryl methyl sites for hydroxylation is 2. The van der Waals surface area contributed by atoms with Crippen LogP contribution in [0.1, 0.15) is 29.4 Å². The Morgan fingerprint density at radius 3 is 2.57 bits per heavy atom. The molecule has 0 aliphatic rings. The van der Waals surface area contributed by atoms with E-state index < -0.39 is 0 Å². The van der Waals surface area contributed by atoms with Gasteiger partial charge in [0.1, 0.15) is 18.1 Å². The Hall–Kier alpha value is -2.07. The third-order valence-electron chi connectivity index (χ3n) is 3.37. The highest BCUT2D eigenvalue weighted by Gasteiger charge is 2.06. The van der Waals surface area contributed by atoms with Crippen molar-refractivity contribution < 1.29 is 9.47 Å². The molecule has 1 aromatic heterocycles. The molecule has 4 heteroatoms. The van der Waals surface area contributed by atoms with E-state index in [1.54, 1.807) is 7.11 Å². The number of aromatic nitrogens is 1. The van der Waals surface area contributed by atoms with Crippen LogP contribution in [0.5, 0.6) is 11.5 Å². The molecule has 0 fully saturated rings. The van der Waals surface area contributed by atoms with Crippen molar-refractivity contribution in [1.82, 2.24) is 4.98 Å². The Morgan fingerprint density at radius 1 is 1.14 bits per heavy atom. The number of methoxy groups -OCH3 is 1. The molecular weight excluding hydrogens is 264 g/mol. The minimum absolute atomic E-state index is 0.448. The number of benzene rings is 1. The van der Waals surface area contributed by atoms with Crippen LogP contribution in [0, 0.1) is 6.92 Å². The number of ether oxygens (including phenoxy) is 2. The molecule has 2 N–H and O–H groups in total. The summed E-state index contributed by atoms with van der Waals surface area (Å²) in [5.41, 5.74) is 9.78. The summed E-state index contributed by atoms with van der Waals surface area (Å²) < 4.78 is 11.2. The summed E-state index contributed by atoms with van der Waals surface area (Å²) in [5, 5.41) is 0. The summed E-state index contributed by atoms with van der Waals surface area (Å²) in [6.45, 7) is 5.01. The summed E-state index contributed by atoms with van der Waals surface area (Å²) >= 11 is 0. The van der Waals surface area contributed by atoms with Crippen LogP contribution >= 0.6 is 0 Å². The molecule has 0 amide bonds. The van der Waals surface area contributed by atoms with E-state index in [9.17, 15) is 0 Å². The van der Waals surface area contributed by atoms with E-state index in [2.05, 4.69) is 11.9 Å². The monoisotopic (exact) mass is 286 g/mol. The van der Waals surface area contributed by atoms with Crippen LogP contribution in [0.15, 0.2) is 30.3 Å².